The molecule has 0 radical (unpaired) electrons. The molecule has 0 saturated carbocycles. The van der Waals surface area contributed by atoms with Crippen molar-refractivity contribution in [3.05, 3.63) is 53.6 Å². The summed E-state index contributed by atoms with van der Waals surface area (Å²) in [5.74, 6) is 0.500. The Labute approximate surface area is 166 Å². The highest BCUT2D eigenvalue weighted by atomic mass is 19.4. The third-order valence-electron chi connectivity index (χ3n) is 3.59. The van der Waals surface area contributed by atoms with Crippen molar-refractivity contribution >= 4 is 17.8 Å². The number of nitrogens with zero attached hydrogens (tertiary/aromatic N) is 1. The number of amides is 1. The summed E-state index contributed by atoms with van der Waals surface area (Å²) in [5, 5.41) is 6.01. The van der Waals surface area contributed by atoms with Gasteiger partial charge in [0.2, 0.25) is 0 Å². The molecule has 2 aromatic carbocycles. The van der Waals surface area contributed by atoms with Gasteiger partial charge in [-0.05, 0) is 42.8 Å². The summed E-state index contributed by atoms with van der Waals surface area (Å²) in [5.41, 5.74) is -0.177. The standard InChI is InChI=1S/C20H21F3N2O4/c1-3-9-28-17-8-7-14(10-18(17)27-2)12-24-29-13-19(26)25-16-6-4-5-15(11-16)20(21,22)23/h4-8,10-12H,3,9,13H2,1-2H3,(H,25,26)/b24-12-. The molecule has 2 rings (SSSR count). The number of ether oxygens (including phenoxy) is 2. The molecule has 0 spiro atoms. The van der Waals surface area contributed by atoms with E-state index < -0.39 is 24.3 Å². The van der Waals surface area contributed by atoms with Gasteiger partial charge in [-0.2, -0.15) is 13.2 Å². The summed E-state index contributed by atoms with van der Waals surface area (Å²) in [4.78, 5) is 16.7. The maximum Gasteiger partial charge on any atom is 0.416 e. The maximum absolute atomic E-state index is 12.7. The topological polar surface area (TPSA) is 69.2 Å². The molecule has 0 atom stereocenters. The minimum absolute atomic E-state index is 0.0183. The summed E-state index contributed by atoms with van der Waals surface area (Å²) in [7, 11) is 1.52. The molecular weight excluding hydrogens is 389 g/mol. The van der Waals surface area contributed by atoms with Crippen molar-refractivity contribution in [2.45, 2.75) is 19.5 Å². The van der Waals surface area contributed by atoms with Crippen LogP contribution in [0.25, 0.3) is 0 Å². The lowest BCUT2D eigenvalue weighted by Crippen LogP contribution is -2.17. The van der Waals surface area contributed by atoms with Gasteiger partial charge >= 0.3 is 6.18 Å². The third-order valence-corrected chi connectivity index (χ3v) is 3.59. The van der Waals surface area contributed by atoms with Gasteiger partial charge in [0.05, 0.1) is 25.5 Å². The maximum atomic E-state index is 12.7. The van der Waals surface area contributed by atoms with E-state index in [1.165, 1.54) is 25.5 Å². The van der Waals surface area contributed by atoms with Gasteiger partial charge in [-0.1, -0.05) is 18.1 Å². The molecule has 0 bridgehead atoms. The summed E-state index contributed by atoms with van der Waals surface area (Å²) < 4.78 is 48.9. The lowest BCUT2D eigenvalue weighted by atomic mass is 10.2. The minimum atomic E-state index is -4.49. The van der Waals surface area contributed by atoms with Crippen LogP contribution in [0, 0.1) is 0 Å². The molecule has 29 heavy (non-hydrogen) atoms. The molecule has 2 aromatic rings. The number of benzene rings is 2. The second-order valence-electron chi connectivity index (χ2n) is 5.89. The van der Waals surface area contributed by atoms with Crippen molar-refractivity contribution in [3.63, 3.8) is 0 Å². The molecule has 0 aliphatic carbocycles. The highest BCUT2D eigenvalue weighted by Gasteiger charge is 2.30. The molecule has 0 saturated heterocycles. The number of alkyl halides is 3. The van der Waals surface area contributed by atoms with Crippen LogP contribution in [0.2, 0.25) is 0 Å². The average Bonchev–Trinajstić information content (AvgIpc) is 2.69. The van der Waals surface area contributed by atoms with Crippen LogP contribution < -0.4 is 14.8 Å². The Morgan fingerprint density at radius 2 is 1.97 bits per heavy atom. The molecular formula is C20H21F3N2O4. The molecule has 6 nitrogen and oxygen atoms in total. The number of rotatable bonds is 9. The first-order valence-electron chi connectivity index (χ1n) is 8.76. The van der Waals surface area contributed by atoms with Gasteiger partial charge in [0.15, 0.2) is 18.1 Å². The van der Waals surface area contributed by atoms with Crippen molar-refractivity contribution in [1.29, 1.82) is 0 Å². The smallest absolute Gasteiger partial charge is 0.416 e. The van der Waals surface area contributed by atoms with E-state index in [0.29, 0.717) is 23.7 Å². The Hall–Kier alpha value is -3.23. The lowest BCUT2D eigenvalue weighted by Gasteiger charge is -2.10. The first kappa shape index (κ1) is 22.1. The summed E-state index contributed by atoms with van der Waals surface area (Å²) in [6.07, 6.45) is -2.24. The van der Waals surface area contributed by atoms with E-state index in [-0.39, 0.29) is 5.69 Å². The van der Waals surface area contributed by atoms with Crippen molar-refractivity contribution < 1.29 is 32.3 Å². The molecule has 0 aliphatic heterocycles. The predicted octanol–water partition coefficient (Wildman–Crippen LogP) is 4.49. The molecule has 0 aliphatic rings. The van der Waals surface area contributed by atoms with Gasteiger partial charge in [-0.25, -0.2) is 0 Å². The SMILES string of the molecule is CCCOc1ccc(/C=N\OCC(=O)Nc2cccc(C(F)(F)F)c2)cc1OC. The zero-order valence-electron chi connectivity index (χ0n) is 16.0. The summed E-state index contributed by atoms with van der Waals surface area (Å²) in [6.45, 7) is 2.10. The normalized spacial score (nSPS) is 11.3. The van der Waals surface area contributed by atoms with Gasteiger partial charge in [-0.3, -0.25) is 4.79 Å². The van der Waals surface area contributed by atoms with Crippen molar-refractivity contribution in [2.24, 2.45) is 5.16 Å². The Morgan fingerprint density at radius 1 is 1.17 bits per heavy atom. The molecule has 0 fully saturated rings. The molecule has 1 N–H and O–H groups in total. The number of hydrogen-bond acceptors (Lipinski definition) is 5. The largest absolute Gasteiger partial charge is 0.493 e. The van der Waals surface area contributed by atoms with Crippen molar-refractivity contribution in [3.8, 4) is 11.5 Å². The minimum Gasteiger partial charge on any atom is -0.493 e. The predicted molar refractivity (Wildman–Crippen MR) is 102 cm³/mol. The Kier molecular flexibility index (Phi) is 7.88. The fourth-order valence-electron chi connectivity index (χ4n) is 2.26. The Bertz CT molecular complexity index is 854. The second kappa shape index (κ2) is 10.4. The highest BCUT2D eigenvalue weighted by molar-refractivity contribution is 5.91. The summed E-state index contributed by atoms with van der Waals surface area (Å²) >= 11 is 0. The zero-order valence-corrected chi connectivity index (χ0v) is 16.0. The molecule has 156 valence electrons. The average molecular weight is 410 g/mol. The van der Waals surface area contributed by atoms with Crippen molar-refractivity contribution in [1.82, 2.24) is 0 Å². The number of carbonyl (C=O) groups is 1. The first-order valence-corrected chi connectivity index (χ1v) is 8.76. The molecule has 0 unspecified atom stereocenters. The van der Waals surface area contributed by atoms with E-state index in [4.69, 9.17) is 14.3 Å². The van der Waals surface area contributed by atoms with Crippen LogP contribution >= 0.6 is 0 Å². The van der Waals surface area contributed by atoms with Gasteiger partial charge in [0.25, 0.3) is 5.91 Å². The number of hydrogen-bond donors (Lipinski definition) is 1. The number of anilines is 1. The molecule has 9 heteroatoms. The fourth-order valence-corrected chi connectivity index (χ4v) is 2.26. The zero-order chi connectivity index (χ0) is 21.3. The van der Waals surface area contributed by atoms with Gasteiger partial charge < -0.3 is 19.6 Å². The van der Waals surface area contributed by atoms with E-state index in [1.54, 1.807) is 18.2 Å². The van der Waals surface area contributed by atoms with E-state index in [1.807, 2.05) is 6.92 Å². The van der Waals surface area contributed by atoms with Crippen LogP contribution in [0.1, 0.15) is 24.5 Å². The summed E-state index contributed by atoms with van der Waals surface area (Å²) in [6, 6.07) is 9.49. The monoisotopic (exact) mass is 410 g/mol. The van der Waals surface area contributed by atoms with Crippen LogP contribution in [-0.4, -0.2) is 32.4 Å². The van der Waals surface area contributed by atoms with E-state index in [0.717, 1.165) is 18.6 Å². The van der Waals surface area contributed by atoms with Gasteiger partial charge in [-0.15, -0.1) is 0 Å². The molecule has 1 amide bonds. The number of oxime groups is 1. The molecule has 0 heterocycles. The molecule has 0 aromatic heterocycles. The Balaban J connectivity index is 1.88. The van der Waals surface area contributed by atoms with E-state index in [9.17, 15) is 18.0 Å². The van der Waals surface area contributed by atoms with Crippen LogP contribution in [0.4, 0.5) is 18.9 Å². The van der Waals surface area contributed by atoms with Gasteiger partial charge in [0, 0.05) is 11.3 Å². The quantitative estimate of drug-likeness (QED) is 0.489. The second-order valence-corrected chi connectivity index (χ2v) is 5.89. The van der Waals surface area contributed by atoms with Gasteiger partial charge in [0.1, 0.15) is 0 Å². The third kappa shape index (κ3) is 7.02. The van der Waals surface area contributed by atoms with E-state index >= 15 is 0 Å². The van der Waals surface area contributed by atoms with Crippen LogP contribution in [0.5, 0.6) is 11.5 Å². The Morgan fingerprint density at radius 3 is 2.66 bits per heavy atom. The van der Waals surface area contributed by atoms with Crippen LogP contribution in [-0.2, 0) is 15.8 Å². The number of nitrogens with one attached hydrogen (secondary N) is 1. The number of methoxy groups -OCH3 is 1. The lowest BCUT2D eigenvalue weighted by molar-refractivity contribution is -0.137. The fraction of sp³-hybridized carbons (Fsp3) is 0.300. The van der Waals surface area contributed by atoms with Crippen LogP contribution in [0.15, 0.2) is 47.6 Å². The van der Waals surface area contributed by atoms with Crippen LogP contribution in [0.3, 0.4) is 0 Å². The number of carbonyl (C=O) groups excluding carboxylic acids is 1. The first-order chi connectivity index (χ1) is 13.8. The van der Waals surface area contributed by atoms with Crippen molar-refractivity contribution in [2.75, 3.05) is 25.6 Å². The number of halogens is 3. The van der Waals surface area contributed by atoms with E-state index in [2.05, 4.69) is 10.5 Å². The highest BCUT2D eigenvalue weighted by Crippen LogP contribution is 2.30.